The van der Waals surface area contributed by atoms with E-state index in [0.29, 0.717) is 39.1 Å². The molecular formula is C38H48N4O5S. The number of amides is 3. The third-order valence-electron chi connectivity index (χ3n) is 8.67. The van der Waals surface area contributed by atoms with Crippen LogP contribution in [-0.2, 0) is 23.8 Å². The Morgan fingerprint density at radius 2 is 1.40 bits per heavy atom. The average molecular weight is 673 g/mol. The molecule has 3 aromatic carbocycles. The van der Waals surface area contributed by atoms with Gasteiger partial charge in [0, 0.05) is 38.5 Å². The van der Waals surface area contributed by atoms with Crippen LogP contribution in [0, 0.1) is 0 Å². The number of ether oxygens (including phenoxy) is 2. The van der Waals surface area contributed by atoms with E-state index in [1.54, 1.807) is 37.4 Å². The summed E-state index contributed by atoms with van der Waals surface area (Å²) in [7, 11) is 0. The van der Waals surface area contributed by atoms with Crippen molar-refractivity contribution < 1.29 is 23.9 Å². The summed E-state index contributed by atoms with van der Waals surface area (Å²) in [5, 5.41) is 5.96. The van der Waals surface area contributed by atoms with Gasteiger partial charge in [-0.25, -0.2) is 4.79 Å². The standard InChI is InChI=1S/C38H48N4O5S/c1-37(2,3)47-36(45)40-32(35(44)42-22-13-20-33(42)34(43)39-21-23-41-24-26-46-27-25-41)28-48-38(29-14-7-4-8-15-29,30-16-9-5-10-17-30)31-18-11-6-12-19-31/h4-12,14-19,32-33H,13,20-28H2,1-3H3,(H,39,43)(H,40,45)/t32-,33-/m0/s1. The highest BCUT2D eigenvalue weighted by Gasteiger charge is 2.42. The highest BCUT2D eigenvalue weighted by atomic mass is 32.2. The van der Waals surface area contributed by atoms with Gasteiger partial charge < -0.3 is 25.0 Å². The molecule has 10 heteroatoms. The van der Waals surface area contributed by atoms with Crippen molar-refractivity contribution in [1.29, 1.82) is 0 Å². The maximum absolute atomic E-state index is 14.4. The molecule has 0 radical (unpaired) electrons. The van der Waals surface area contributed by atoms with E-state index in [1.165, 1.54) is 0 Å². The Bertz CT molecular complexity index is 1380. The van der Waals surface area contributed by atoms with Crippen LogP contribution in [-0.4, -0.2) is 97.1 Å². The molecule has 48 heavy (non-hydrogen) atoms. The van der Waals surface area contributed by atoms with Crippen LogP contribution in [0.25, 0.3) is 0 Å². The number of hydrogen-bond acceptors (Lipinski definition) is 7. The Morgan fingerprint density at radius 1 is 0.854 bits per heavy atom. The summed E-state index contributed by atoms with van der Waals surface area (Å²) in [5.74, 6) is -0.217. The van der Waals surface area contributed by atoms with Crippen LogP contribution in [0.5, 0.6) is 0 Å². The van der Waals surface area contributed by atoms with E-state index in [0.717, 1.165) is 36.3 Å². The van der Waals surface area contributed by atoms with E-state index in [2.05, 4.69) is 51.9 Å². The smallest absolute Gasteiger partial charge is 0.408 e. The number of alkyl carbamates (subject to hydrolysis) is 1. The van der Waals surface area contributed by atoms with Crippen LogP contribution in [0.15, 0.2) is 91.0 Å². The van der Waals surface area contributed by atoms with Crippen LogP contribution in [0.1, 0.15) is 50.3 Å². The fourth-order valence-electron chi connectivity index (χ4n) is 6.38. The van der Waals surface area contributed by atoms with Gasteiger partial charge in [0.15, 0.2) is 0 Å². The zero-order valence-corrected chi connectivity index (χ0v) is 29.0. The van der Waals surface area contributed by atoms with Crippen molar-refractivity contribution in [3.63, 3.8) is 0 Å². The summed E-state index contributed by atoms with van der Waals surface area (Å²) in [6, 6.07) is 29.1. The van der Waals surface area contributed by atoms with Crippen LogP contribution in [0.3, 0.4) is 0 Å². The molecule has 0 spiro atoms. The van der Waals surface area contributed by atoms with Gasteiger partial charge >= 0.3 is 6.09 Å². The minimum absolute atomic E-state index is 0.162. The SMILES string of the molecule is CC(C)(C)OC(=O)N[C@@H](CSC(c1ccccc1)(c1ccccc1)c1ccccc1)C(=O)N1CCC[C@H]1C(=O)NCCN1CCOCC1. The quantitative estimate of drug-likeness (QED) is 0.260. The van der Waals surface area contributed by atoms with Gasteiger partial charge in [0.2, 0.25) is 11.8 Å². The summed E-state index contributed by atoms with van der Waals surface area (Å²) in [6.45, 7) is 10.1. The maximum Gasteiger partial charge on any atom is 0.408 e. The second-order valence-electron chi connectivity index (χ2n) is 13.2. The van der Waals surface area contributed by atoms with Crippen LogP contribution >= 0.6 is 11.8 Å². The van der Waals surface area contributed by atoms with Gasteiger partial charge in [-0.2, -0.15) is 0 Å². The van der Waals surface area contributed by atoms with Gasteiger partial charge in [-0.05, 0) is 50.3 Å². The van der Waals surface area contributed by atoms with Gasteiger partial charge in [0.1, 0.15) is 17.7 Å². The normalized spacial score (nSPS) is 17.8. The number of likely N-dealkylation sites (tertiary alicyclic amines) is 1. The molecule has 3 aromatic rings. The molecule has 0 unspecified atom stereocenters. The first-order chi connectivity index (χ1) is 23.2. The van der Waals surface area contributed by atoms with Crippen molar-refractivity contribution in [3.05, 3.63) is 108 Å². The van der Waals surface area contributed by atoms with Crippen LogP contribution < -0.4 is 10.6 Å². The molecule has 5 rings (SSSR count). The molecule has 2 aliphatic rings. The topological polar surface area (TPSA) is 100 Å². The molecular weight excluding hydrogens is 625 g/mol. The predicted octanol–water partition coefficient (Wildman–Crippen LogP) is 5.04. The Hall–Kier alpha value is -3.86. The molecule has 2 atom stereocenters. The lowest BCUT2D eigenvalue weighted by molar-refractivity contribution is -0.139. The number of rotatable bonds is 12. The highest BCUT2D eigenvalue weighted by molar-refractivity contribution is 8.00. The molecule has 2 aliphatic heterocycles. The van der Waals surface area contributed by atoms with Gasteiger partial charge in [-0.3, -0.25) is 14.5 Å². The lowest BCUT2D eigenvalue weighted by Crippen LogP contribution is -2.55. The average Bonchev–Trinajstić information content (AvgIpc) is 3.59. The first kappa shape index (κ1) is 35.4. The minimum Gasteiger partial charge on any atom is -0.444 e. The molecule has 2 heterocycles. The lowest BCUT2D eigenvalue weighted by atomic mass is 9.84. The summed E-state index contributed by atoms with van der Waals surface area (Å²) >= 11 is 1.59. The molecule has 256 valence electrons. The number of carbonyl (C=O) groups is 3. The maximum atomic E-state index is 14.4. The zero-order chi connectivity index (χ0) is 34.0. The van der Waals surface area contributed by atoms with E-state index in [-0.39, 0.29) is 17.6 Å². The second-order valence-corrected chi connectivity index (χ2v) is 14.5. The van der Waals surface area contributed by atoms with Crippen molar-refractivity contribution in [1.82, 2.24) is 20.4 Å². The number of thioether (sulfide) groups is 1. The van der Waals surface area contributed by atoms with Crippen LogP contribution in [0.4, 0.5) is 4.79 Å². The molecule has 0 aliphatic carbocycles. The summed E-state index contributed by atoms with van der Waals surface area (Å²) in [6.07, 6.45) is 0.613. The second kappa shape index (κ2) is 16.5. The number of nitrogens with one attached hydrogen (secondary N) is 2. The summed E-state index contributed by atoms with van der Waals surface area (Å²) < 4.78 is 10.4. The molecule has 0 bridgehead atoms. The summed E-state index contributed by atoms with van der Waals surface area (Å²) in [5.41, 5.74) is 2.40. The Balaban J connectivity index is 1.42. The summed E-state index contributed by atoms with van der Waals surface area (Å²) in [4.78, 5) is 45.0. The van der Waals surface area contributed by atoms with Crippen molar-refractivity contribution in [3.8, 4) is 0 Å². The molecule has 0 aromatic heterocycles. The highest BCUT2D eigenvalue weighted by Crippen LogP contribution is 2.48. The number of morpholine rings is 1. The Labute approximate surface area is 288 Å². The van der Waals surface area contributed by atoms with Crippen molar-refractivity contribution in [2.75, 3.05) is 51.7 Å². The Kier molecular flexibility index (Phi) is 12.2. The van der Waals surface area contributed by atoms with Gasteiger partial charge in [-0.15, -0.1) is 11.8 Å². The third-order valence-corrected chi connectivity index (χ3v) is 10.3. The zero-order valence-electron chi connectivity index (χ0n) is 28.2. The van der Waals surface area contributed by atoms with E-state index in [4.69, 9.17) is 9.47 Å². The minimum atomic E-state index is -0.942. The van der Waals surface area contributed by atoms with Gasteiger partial charge in [0.25, 0.3) is 0 Å². The first-order valence-electron chi connectivity index (χ1n) is 16.9. The van der Waals surface area contributed by atoms with Gasteiger partial charge in [0.05, 0.1) is 18.0 Å². The van der Waals surface area contributed by atoms with E-state index in [1.807, 2.05) is 54.6 Å². The monoisotopic (exact) mass is 672 g/mol. The lowest BCUT2D eigenvalue weighted by Gasteiger charge is -2.37. The number of nitrogens with zero attached hydrogens (tertiary/aromatic N) is 2. The fourth-order valence-corrected chi connectivity index (χ4v) is 7.94. The number of hydrogen-bond donors (Lipinski definition) is 2. The predicted molar refractivity (Wildman–Crippen MR) is 190 cm³/mol. The first-order valence-corrected chi connectivity index (χ1v) is 17.8. The number of carbonyl (C=O) groups excluding carboxylic acids is 3. The molecule has 0 saturated carbocycles. The third kappa shape index (κ3) is 8.98. The molecule has 9 nitrogen and oxygen atoms in total. The molecule has 3 amide bonds. The van der Waals surface area contributed by atoms with Crippen molar-refractivity contribution in [2.24, 2.45) is 0 Å². The van der Waals surface area contributed by atoms with E-state index < -0.39 is 28.5 Å². The largest absolute Gasteiger partial charge is 0.444 e. The molecule has 2 saturated heterocycles. The Morgan fingerprint density at radius 3 is 1.92 bits per heavy atom. The van der Waals surface area contributed by atoms with Crippen molar-refractivity contribution in [2.45, 2.75) is 56.0 Å². The molecule has 2 fully saturated rings. The number of benzene rings is 3. The van der Waals surface area contributed by atoms with Gasteiger partial charge in [-0.1, -0.05) is 91.0 Å². The van der Waals surface area contributed by atoms with E-state index >= 15 is 0 Å². The van der Waals surface area contributed by atoms with Crippen molar-refractivity contribution >= 4 is 29.7 Å². The van der Waals surface area contributed by atoms with E-state index in [9.17, 15) is 14.4 Å². The molecule has 2 N–H and O–H groups in total. The fraction of sp³-hybridized carbons (Fsp3) is 0.447. The van der Waals surface area contributed by atoms with Crippen LogP contribution in [0.2, 0.25) is 0 Å².